The van der Waals surface area contributed by atoms with Gasteiger partial charge in [0.05, 0.1) is 34.1 Å². The second kappa shape index (κ2) is 7.64. The van der Waals surface area contributed by atoms with Gasteiger partial charge in [-0.2, -0.15) is 0 Å². The number of benzene rings is 2. The smallest absolute Gasteiger partial charge is 0.414 e. The summed E-state index contributed by atoms with van der Waals surface area (Å²) >= 11 is 0. The molecule has 0 aromatic heterocycles. The second-order valence-electron chi connectivity index (χ2n) is 7.45. The number of methoxy groups -OCH3 is 5. The third-order valence-corrected chi connectivity index (χ3v) is 6.11. The maximum Gasteiger partial charge on any atom is 0.414 e. The molecule has 170 valence electrons. The van der Waals surface area contributed by atoms with Crippen molar-refractivity contribution in [3.05, 3.63) is 28.8 Å². The van der Waals surface area contributed by atoms with Crippen molar-refractivity contribution in [1.82, 2.24) is 0 Å². The number of Topliss-reactive ketones (excluding diaryl/α,β-unsaturated/α-hetero) is 1. The van der Waals surface area contributed by atoms with E-state index in [1.807, 2.05) is 0 Å². The van der Waals surface area contributed by atoms with Crippen LogP contribution in [0.15, 0.2) is 12.1 Å². The first kappa shape index (κ1) is 21.8. The van der Waals surface area contributed by atoms with Crippen LogP contribution >= 0.6 is 0 Å². The quantitative estimate of drug-likeness (QED) is 0.699. The number of ether oxygens (including phenoxy) is 5. The number of rotatable bonds is 4. The summed E-state index contributed by atoms with van der Waals surface area (Å²) in [5.74, 6) is -1.08. The van der Waals surface area contributed by atoms with E-state index in [1.54, 1.807) is 6.07 Å². The summed E-state index contributed by atoms with van der Waals surface area (Å²) in [5.41, 5.74) is -1.25. The monoisotopic (exact) mass is 445 g/mol. The van der Waals surface area contributed by atoms with Crippen molar-refractivity contribution in [1.29, 1.82) is 0 Å². The third-order valence-electron chi connectivity index (χ3n) is 6.11. The Bertz CT molecular complexity index is 1160. The van der Waals surface area contributed by atoms with Crippen LogP contribution in [0.2, 0.25) is 0 Å². The standard InChI is InChI=1S/C22H23NO9/c1-28-13-8-10-6-7-23(21(26)32-5)12-9-11-15(16(14(10)12)18(13)29-2)17(24)19(30-3)22(11,27)20(25)31-4/h8-9,19,27H,6-7H2,1-5H3. The number of carbonyl (C=O) groups excluding carboxylic acids is 3. The Balaban J connectivity index is 2.22. The number of carbonyl (C=O) groups is 3. The number of aliphatic hydroxyl groups is 1. The summed E-state index contributed by atoms with van der Waals surface area (Å²) in [5, 5.41) is 12.3. The molecule has 2 unspecified atom stereocenters. The molecule has 1 aliphatic heterocycles. The van der Waals surface area contributed by atoms with Gasteiger partial charge in [-0.1, -0.05) is 0 Å². The largest absolute Gasteiger partial charge is 0.493 e. The van der Waals surface area contributed by atoms with E-state index in [0.717, 1.165) is 12.7 Å². The Hall–Kier alpha value is -3.37. The number of fused-ring (bicyclic) bond motifs is 2. The van der Waals surface area contributed by atoms with Gasteiger partial charge in [0.25, 0.3) is 0 Å². The summed E-state index contributed by atoms with van der Waals surface area (Å²) in [6.07, 6.45) is -1.71. The molecule has 0 radical (unpaired) electrons. The molecule has 2 aliphatic rings. The van der Waals surface area contributed by atoms with E-state index in [0.29, 0.717) is 28.6 Å². The van der Waals surface area contributed by atoms with Crippen LogP contribution in [-0.2, 0) is 31.0 Å². The predicted molar refractivity (Wildman–Crippen MR) is 112 cm³/mol. The lowest BCUT2D eigenvalue weighted by atomic mass is 9.87. The van der Waals surface area contributed by atoms with Crippen LogP contribution in [0.4, 0.5) is 10.5 Å². The normalized spacial score (nSPS) is 21.4. The first-order valence-electron chi connectivity index (χ1n) is 9.78. The molecule has 0 fully saturated rings. The molecule has 1 N–H and O–H groups in total. The van der Waals surface area contributed by atoms with Crippen molar-refractivity contribution in [2.45, 2.75) is 18.1 Å². The fourth-order valence-electron chi connectivity index (χ4n) is 4.73. The molecule has 0 spiro atoms. The molecule has 4 rings (SSSR count). The maximum absolute atomic E-state index is 13.5. The van der Waals surface area contributed by atoms with Gasteiger partial charge in [-0.3, -0.25) is 9.69 Å². The fraction of sp³-hybridized carbons (Fsp3) is 0.409. The van der Waals surface area contributed by atoms with Gasteiger partial charge in [0.2, 0.25) is 5.60 Å². The molecule has 2 aromatic rings. The Labute approximate surface area is 183 Å². The van der Waals surface area contributed by atoms with Crippen LogP contribution in [0.5, 0.6) is 11.5 Å². The zero-order chi connectivity index (χ0) is 23.4. The van der Waals surface area contributed by atoms with Crippen molar-refractivity contribution in [3.8, 4) is 11.5 Å². The molecule has 2 atom stereocenters. The molecule has 1 heterocycles. The summed E-state index contributed by atoms with van der Waals surface area (Å²) in [4.78, 5) is 40.1. The van der Waals surface area contributed by atoms with Crippen LogP contribution in [-0.4, -0.2) is 71.2 Å². The fourth-order valence-corrected chi connectivity index (χ4v) is 4.73. The SMILES string of the molecule is COC(=O)N1CCc2cc(OC)c(OC)c3c4c(cc1c23)C(O)(C(=O)OC)C(OC)C4=O. The molecular formula is C22H23NO9. The Morgan fingerprint density at radius 2 is 1.78 bits per heavy atom. The summed E-state index contributed by atoms with van der Waals surface area (Å²) in [6, 6.07) is 3.22. The number of hydrogen-bond acceptors (Lipinski definition) is 9. The van der Waals surface area contributed by atoms with E-state index < -0.39 is 29.6 Å². The maximum atomic E-state index is 13.5. The van der Waals surface area contributed by atoms with Gasteiger partial charge in [0, 0.05) is 35.6 Å². The highest BCUT2D eigenvalue weighted by Gasteiger charge is 2.59. The second-order valence-corrected chi connectivity index (χ2v) is 7.45. The first-order chi connectivity index (χ1) is 15.3. The summed E-state index contributed by atoms with van der Waals surface area (Å²) in [7, 11) is 6.46. The molecule has 0 bridgehead atoms. The first-order valence-corrected chi connectivity index (χ1v) is 9.78. The topological polar surface area (TPSA) is 121 Å². The lowest BCUT2D eigenvalue weighted by Gasteiger charge is -2.31. The van der Waals surface area contributed by atoms with Crippen LogP contribution in [0, 0.1) is 0 Å². The van der Waals surface area contributed by atoms with Gasteiger partial charge in [-0.05, 0) is 24.1 Å². The minimum atomic E-state index is -2.42. The van der Waals surface area contributed by atoms with Crippen LogP contribution in [0.1, 0.15) is 21.5 Å². The highest BCUT2D eigenvalue weighted by molar-refractivity contribution is 6.23. The van der Waals surface area contributed by atoms with Gasteiger partial charge in [-0.15, -0.1) is 0 Å². The molecule has 0 saturated carbocycles. The molecular weight excluding hydrogens is 422 g/mol. The Morgan fingerprint density at radius 3 is 2.34 bits per heavy atom. The van der Waals surface area contributed by atoms with E-state index in [1.165, 1.54) is 39.4 Å². The zero-order valence-electron chi connectivity index (χ0n) is 18.3. The molecule has 2 aromatic carbocycles. The van der Waals surface area contributed by atoms with Gasteiger partial charge in [0.1, 0.15) is 0 Å². The minimum Gasteiger partial charge on any atom is -0.493 e. The number of ketones is 1. The summed E-state index contributed by atoms with van der Waals surface area (Å²) < 4.78 is 26.1. The molecule has 0 saturated heterocycles. The Kier molecular flexibility index (Phi) is 5.22. The molecule has 10 heteroatoms. The Morgan fingerprint density at radius 1 is 1.06 bits per heavy atom. The van der Waals surface area contributed by atoms with Crippen molar-refractivity contribution in [3.63, 3.8) is 0 Å². The van der Waals surface area contributed by atoms with E-state index in [9.17, 15) is 19.5 Å². The van der Waals surface area contributed by atoms with Crippen LogP contribution < -0.4 is 14.4 Å². The van der Waals surface area contributed by atoms with Crippen molar-refractivity contribution >= 4 is 34.3 Å². The minimum absolute atomic E-state index is 0.0444. The number of esters is 1. The van der Waals surface area contributed by atoms with E-state index in [-0.39, 0.29) is 23.4 Å². The molecule has 32 heavy (non-hydrogen) atoms. The van der Waals surface area contributed by atoms with E-state index in [2.05, 4.69) is 0 Å². The number of nitrogens with zero attached hydrogens (tertiary/aromatic N) is 1. The van der Waals surface area contributed by atoms with Crippen molar-refractivity contribution in [2.24, 2.45) is 0 Å². The highest BCUT2D eigenvalue weighted by Crippen LogP contribution is 2.52. The predicted octanol–water partition coefficient (Wildman–Crippen LogP) is 1.56. The number of anilines is 1. The van der Waals surface area contributed by atoms with Crippen LogP contribution in [0.25, 0.3) is 10.8 Å². The van der Waals surface area contributed by atoms with E-state index >= 15 is 0 Å². The van der Waals surface area contributed by atoms with Gasteiger partial charge >= 0.3 is 12.1 Å². The van der Waals surface area contributed by atoms with Gasteiger partial charge in [0.15, 0.2) is 23.4 Å². The van der Waals surface area contributed by atoms with Crippen LogP contribution in [0.3, 0.4) is 0 Å². The van der Waals surface area contributed by atoms with Crippen molar-refractivity contribution in [2.75, 3.05) is 47.0 Å². The van der Waals surface area contributed by atoms with E-state index in [4.69, 9.17) is 23.7 Å². The molecule has 1 amide bonds. The zero-order valence-corrected chi connectivity index (χ0v) is 18.3. The van der Waals surface area contributed by atoms with Gasteiger partial charge in [-0.25, -0.2) is 9.59 Å². The number of amides is 1. The van der Waals surface area contributed by atoms with Crippen molar-refractivity contribution < 1.29 is 43.2 Å². The molecule has 10 nitrogen and oxygen atoms in total. The van der Waals surface area contributed by atoms with Gasteiger partial charge < -0.3 is 28.8 Å². The summed E-state index contributed by atoms with van der Waals surface area (Å²) in [6.45, 7) is 0.279. The average Bonchev–Trinajstić information content (AvgIpc) is 3.04. The third kappa shape index (κ3) is 2.63. The average molecular weight is 445 g/mol. The number of hydrogen-bond donors (Lipinski definition) is 1. The molecule has 1 aliphatic carbocycles. The lowest BCUT2D eigenvalue weighted by Crippen LogP contribution is -2.47. The lowest BCUT2D eigenvalue weighted by molar-refractivity contribution is -0.174. The highest BCUT2D eigenvalue weighted by atomic mass is 16.6.